The smallest absolute Gasteiger partial charge is 0.193 e. The van der Waals surface area contributed by atoms with Crippen LogP contribution < -0.4 is 0 Å². The Morgan fingerprint density at radius 3 is 1.20 bits per heavy atom. The molecule has 0 saturated heterocycles. The van der Waals surface area contributed by atoms with E-state index in [0.29, 0.717) is 11.1 Å². The van der Waals surface area contributed by atoms with Crippen LogP contribution in [0.15, 0.2) is 72.8 Å². The molecule has 0 radical (unpaired) electrons. The lowest BCUT2D eigenvalue weighted by atomic mass is 9.90. The topological polar surface area (TPSA) is 74.6 Å². The van der Waals surface area contributed by atoms with Gasteiger partial charge in [0.25, 0.3) is 0 Å². The molecule has 0 aromatic heterocycles. The summed E-state index contributed by atoms with van der Waals surface area (Å²) in [5.41, 5.74) is 3.42. The largest absolute Gasteiger partial charge is 0.507 e. The molecule has 0 unspecified atom stereocenters. The second-order valence-corrected chi connectivity index (χ2v) is 7.40. The van der Waals surface area contributed by atoms with E-state index < -0.39 is 0 Å². The average molecular weight is 396 g/mol. The Morgan fingerprint density at radius 2 is 0.867 bits per heavy atom. The lowest BCUT2D eigenvalue weighted by Crippen LogP contribution is -2.06. The molecule has 0 bridgehead atoms. The van der Waals surface area contributed by atoms with Gasteiger partial charge in [-0.3, -0.25) is 9.59 Å². The van der Waals surface area contributed by atoms with Crippen molar-refractivity contribution in [1.29, 1.82) is 0 Å². The number of hydrogen-bond acceptors (Lipinski definition) is 4. The minimum Gasteiger partial charge on any atom is -0.507 e. The molecule has 4 aromatic rings. The number of fused-ring (bicyclic) bond motifs is 1. The summed E-state index contributed by atoms with van der Waals surface area (Å²) < 4.78 is 0. The third kappa shape index (κ3) is 3.33. The average Bonchev–Trinajstić information content (AvgIpc) is 2.75. The van der Waals surface area contributed by atoms with Crippen LogP contribution in [0.5, 0.6) is 11.5 Å². The van der Waals surface area contributed by atoms with E-state index in [1.54, 1.807) is 24.3 Å². The number of carbonyl (C=O) groups excluding carboxylic acids is 2. The Morgan fingerprint density at radius 1 is 0.533 bits per heavy atom. The molecular weight excluding hydrogens is 376 g/mol. The zero-order valence-corrected chi connectivity index (χ0v) is 16.6. The van der Waals surface area contributed by atoms with E-state index in [4.69, 9.17) is 0 Å². The first-order chi connectivity index (χ1) is 14.4. The van der Waals surface area contributed by atoms with Crippen molar-refractivity contribution in [2.75, 3.05) is 0 Å². The highest BCUT2D eigenvalue weighted by atomic mass is 16.3. The van der Waals surface area contributed by atoms with Crippen molar-refractivity contribution >= 4 is 22.3 Å². The summed E-state index contributed by atoms with van der Waals surface area (Å²) in [5.74, 6) is -0.931. The number of carbonyl (C=O) groups is 2. The monoisotopic (exact) mass is 396 g/mol. The summed E-state index contributed by atoms with van der Waals surface area (Å²) in [6, 6.07) is 19.9. The van der Waals surface area contributed by atoms with Gasteiger partial charge in [0.2, 0.25) is 0 Å². The van der Waals surface area contributed by atoms with E-state index in [1.165, 1.54) is 24.3 Å². The molecule has 0 aliphatic carbocycles. The van der Waals surface area contributed by atoms with Gasteiger partial charge in [-0.05, 0) is 38.1 Å². The molecule has 4 nitrogen and oxygen atoms in total. The fraction of sp³-hybridized carbons (Fsp3) is 0.0769. The summed E-state index contributed by atoms with van der Waals surface area (Å²) in [4.78, 5) is 26.3. The number of phenolic OH excluding ortho intramolecular Hbond substituents is 2. The maximum absolute atomic E-state index is 13.1. The van der Waals surface area contributed by atoms with Crippen LogP contribution in [0.1, 0.15) is 43.0 Å². The van der Waals surface area contributed by atoms with Gasteiger partial charge in [-0.25, -0.2) is 0 Å². The molecule has 0 amide bonds. The van der Waals surface area contributed by atoms with Crippen molar-refractivity contribution in [1.82, 2.24) is 0 Å². The number of aryl methyl sites for hydroxylation is 2. The third-order valence-electron chi connectivity index (χ3n) is 5.23. The Bertz CT molecular complexity index is 1180. The molecule has 4 heteroatoms. The fourth-order valence-electron chi connectivity index (χ4n) is 3.56. The lowest BCUT2D eigenvalue weighted by Gasteiger charge is -2.13. The van der Waals surface area contributed by atoms with Gasteiger partial charge in [-0.2, -0.15) is 0 Å². The highest BCUT2D eigenvalue weighted by molar-refractivity contribution is 6.24. The van der Waals surface area contributed by atoms with Crippen molar-refractivity contribution in [3.8, 4) is 11.5 Å². The standard InChI is InChI=1S/C26H20O4/c1-15-3-7-17(8-4-15)25(29)19-11-13-22(28)24-20(12-14-21(27)23(19)24)26(30)18-9-5-16(2)6-10-18/h3-14,27-28H,1-2H3. The molecule has 0 heterocycles. The van der Waals surface area contributed by atoms with E-state index in [9.17, 15) is 19.8 Å². The molecule has 0 aliphatic rings. The van der Waals surface area contributed by atoms with Gasteiger partial charge in [0.05, 0.1) is 0 Å². The van der Waals surface area contributed by atoms with Gasteiger partial charge in [0, 0.05) is 33.0 Å². The minimum absolute atomic E-state index is 0.165. The number of aromatic hydroxyl groups is 2. The number of ketones is 2. The predicted molar refractivity (Wildman–Crippen MR) is 117 cm³/mol. The zero-order valence-electron chi connectivity index (χ0n) is 16.6. The number of rotatable bonds is 4. The molecule has 2 N–H and O–H groups in total. The summed E-state index contributed by atoms with van der Waals surface area (Å²) >= 11 is 0. The molecule has 0 aliphatic heterocycles. The first-order valence-electron chi connectivity index (χ1n) is 9.57. The Hall–Kier alpha value is -3.92. The molecule has 0 saturated carbocycles. The highest BCUT2D eigenvalue weighted by Crippen LogP contribution is 2.38. The molecule has 4 rings (SSSR count). The van der Waals surface area contributed by atoms with Gasteiger partial charge >= 0.3 is 0 Å². The Labute approximate surface area is 174 Å². The molecule has 148 valence electrons. The fourth-order valence-corrected chi connectivity index (χ4v) is 3.56. The molecular formula is C26H20O4. The van der Waals surface area contributed by atoms with Crippen LogP contribution in [0, 0.1) is 13.8 Å². The molecule has 30 heavy (non-hydrogen) atoms. The van der Waals surface area contributed by atoms with Gasteiger partial charge in [-0.15, -0.1) is 0 Å². The first-order valence-corrected chi connectivity index (χ1v) is 9.57. The van der Waals surface area contributed by atoms with Gasteiger partial charge in [0.15, 0.2) is 11.6 Å². The van der Waals surface area contributed by atoms with E-state index >= 15 is 0 Å². The number of hydrogen-bond donors (Lipinski definition) is 2. The highest BCUT2D eigenvalue weighted by Gasteiger charge is 2.22. The summed E-state index contributed by atoms with van der Waals surface area (Å²) in [6.07, 6.45) is 0. The van der Waals surface area contributed by atoms with Crippen LogP contribution in [-0.2, 0) is 0 Å². The van der Waals surface area contributed by atoms with E-state index in [0.717, 1.165) is 11.1 Å². The normalized spacial score (nSPS) is 10.9. The van der Waals surface area contributed by atoms with E-state index in [2.05, 4.69) is 0 Å². The summed E-state index contributed by atoms with van der Waals surface area (Å²) in [7, 11) is 0. The van der Waals surface area contributed by atoms with Crippen molar-refractivity contribution < 1.29 is 19.8 Å². The predicted octanol–water partition coefficient (Wildman–Crippen LogP) is 5.33. The van der Waals surface area contributed by atoms with Gasteiger partial charge in [0.1, 0.15) is 11.5 Å². The van der Waals surface area contributed by atoms with Crippen molar-refractivity contribution in [3.63, 3.8) is 0 Å². The van der Waals surface area contributed by atoms with Crippen LogP contribution in [-0.4, -0.2) is 21.8 Å². The number of phenols is 2. The third-order valence-corrected chi connectivity index (χ3v) is 5.23. The Kier molecular flexibility index (Phi) is 4.84. The summed E-state index contributed by atoms with van der Waals surface area (Å²) in [6.45, 7) is 3.86. The van der Waals surface area contributed by atoms with Crippen LogP contribution in [0.25, 0.3) is 10.8 Å². The second-order valence-electron chi connectivity index (χ2n) is 7.40. The Balaban J connectivity index is 1.93. The van der Waals surface area contributed by atoms with Crippen LogP contribution in [0.3, 0.4) is 0 Å². The minimum atomic E-state index is -0.296. The van der Waals surface area contributed by atoms with E-state index in [1.807, 2.05) is 38.1 Å². The maximum Gasteiger partial charge on any atom is 0.193 e. The van der Waals surface area contributed by atoms with Gasteiger partial charge < -0.3 is 10.2 Å². The van der Waals surface area contributed by atoms with Crippen molar-refractivity contribution in [2.24, 2.45) is 0 Å². The maximum atomic E-state index is 13.1. The quantitative estimate of drug-likeness (QED) is 0.457. The lowest BCUT2D eigenvalue weighted by molar-refractivity contribution is 0.103. The van der Waals surface area contributed by atoms with Crippen LogP contribution in [0.2, 0.25) is 0 Å². The van der Waals surface area contributed by atoms with Crippen molar-refractivity contribution in [2.45, 2.75) is 13.8 Å². The van der Waals surface area contributed by atoms with Gasteiger partial charge in [-0.1, -0.05) is 59.7 Å². The molecule has 0 fully saturated rings. The molecule has 0 spiro atoms. The van der Waals surface area contributed by atoms with E-state index in [-0.39, 0.29) is 45.0 Å². The number of benzene rings is 4. The SMILES string of the molecule is Cc1ccc(C(=O)c2ccc(O)c3c(C(=O)c4ccc(C)cc4)ccc(O)c23)cc1. The van der Waals surface area contributed by atoms with Crippen molar-refractivity contribution in [3.05, 3.63) is 106 Å². The first kappa shape index (κ1) is 19.4. The zero-order chi connectivity index (χ0) is 21.4. The molecule has 4 aromatic carbocycles. The second kappa shape index (κ2) is 7.48. The summed E-state index contributed by atoms with van der Waals surface area (Å²) in [5, 5.41) is 21.4. The van der Waals surface area contributed by atoms with Crippen LogP contribution >= 0.6 is 0 Å². The molecule has 0 atom stereocenters. The van der Waals surface area contributed by atoms with Crippen LogP contribution in [0.4, 0.5) is 0 Å².